The van der Waals surface area contributed by atoms with Crippen molar-refractivity contribution in [2.45, 2.75) is 32.4 Å². The van der Waals surface area contributed by atoms with Crippen LogP contribution in [-0.2, 0) is 4.79 Å². The molecule has 19 heavy (non-hydrogen) atoms. The van der Waals surface area contributed by atoms with Crippen molar-refractivity contribution in [3.05, 3.63) is 48.0 Å². The fourth-order valence-electron chi connectivity index (χ4n) is 2.07. The summed E-state index contributed by atoms with van der Waals surface area (Å²) in [7, 11) is 0. The Morgan fingerprint density at radius 2 is 1.74 bits per heavy atom. The van der Waals surface area contributed by atoms with Gasteiger partial charge in [-0.25, -0.2) is 0 Å². The predicted molar refractivity (Wildman–Crippen MR) is 76.8 cm³/mol. The standard InChI is InChI=1S/C16H19NO2/c1-16(2,3)17-15(19)14(18)13-10-6-8-11-7-4-5-9-12(11)13/h4-10,14,18H,1-3H3,(H,17,19)/t14-/m0/s1. The highest BCUT2D eigenvalue weighted by atomic mass is 16.3. The van der Waals surface area contributed by atoms with Crippen molar-refractivity contribution in [1.29, 1.82) is 0 Å². The summed E-state index contributed by atoms with van der Waals surface area (Å²) in [6.07, 6.45) is -1.15. The number of amides is 1. The third-order valence-corrected chi connectivity index (χ3v) is 2.86. The monoisotopic (exact) mass is 257 g/mol. The number of aliphatic hydroxyl groups is 1. The van der Waals surface area contributed by atoms with Gasteiger partial charge in [0.2, 0.25) is 0 Å². The molecule has 0 unspecified atom stereocenters. The highest BCUT2D eigenvalue weighted by Crippen LogP contribution is 2.24. The molecule has 2 aromatic rings. The number of rotatable bonds is 2. The normalized spacial score (nSPS) is 13.3. The van der Waals surface area contributed by atoms with E-state index in [0.29, 0.717) is 5.56 Å². The van der Waals surface area contributed by atoms with E-state index in [4.69, 9.17) is 0 Å². The first-order valence-electron chi connectivity index (χ1n) is 6.36. The predicted octanol–water partition coefficient (Wildman–Crippen LogP) is 2.79. The van der Waals surface area contributed by atoms with Crippen LogP contribution in [0.25, 0.3) is 10.8 Å². The molecular formula is C16H19NO2. The largest absolute Gasteiger partial charge is 0.378 e. The number of benzene rings is 2. The summed E-state index contributed by atoms with van der Waals surface area (Å²) in [4.78, 5) is 12.0. The van der Waals surface area contributed by atoms with E-state index in [-0.39, 0.29) is 11.4 Å². The van der Waals surface area contributed by atoms with Crippen LogP contribution in [0.15, 0.2) is 42.5 Å². The molecule has 0 radical (unpaired) electrons. The molecule has 0 aliphatic heterocycles. The van der Waals surface area contributed by atoms with Gasteiger partial charge in [-0.1, -0.05) is 42.5 Å². The molecule has 0 aliphatic carbocycles. The lowest BCUT2D eigenvalue weighted by atomic mass is 9.99. The van der Waals surface area contributed by atoms with Crippen molar-refractivity contribution in [1.82, 2.24) is 5.32 Å². The zero-order chi connectivity index (χ0) is 14.0. The van der Waals surface area contributed by atoms with E-state index >= 15 is 0 Å². The first-order chi connectivity index (χ1) is 8.88. The molecule has 1 atom stereocenters. The first-order valence-corrected chi connectivity index (χ1v) is 6.36. The minimum Gasteiger partial charge on any atom is -0.378 e. The summed E-state index contributed by atoms with van der Waals surface area (Å²) >= 11 is 0. The number of hydrogen-bond donors (Lipinski definition) is 2. The van der Waals surface area contributed by atoms with Crippen molar-refractivity contribution in [3.8, 4) is 0 Å². The molecule has 0 heterocycles. The fraction of sp³-hybridized carbons (Fsp3) is 0.312. The first kappa shape index (κ1) is 13.6. The molecule has 3 nitrogen and oxygen atoms in total. The lowest BCUT2D eigenvalue weighted by Crippen LogP contribution is -2.43. The highest BCUT2D eigenvalue weighted by molar-refractivity contribution is 5.92. The van der Waals surface area contributed by atoms with Gasteiger partial charge in [-0.15, -0.1) is 0 Å². The zero-order valence-corrected chi connectivity index (χ0v) is 11.5. The molecule has 2 aromatic carbocycles. The zero-order valence-electron chi connectivity index (χ0n) is 11.5. The number of carbonyl (C=O) groups is 1. The van der Waals surface area contributed by atoms with Gasteiger partial charge in [0.15, 0.2) is 6.10 Å². The van der Waals surface area contributed by atoms with E-state index in [0.717, 1.165) is 10.8 Å². The molecule has 0 fully saturated rings. The lowest BCUT2D eigenvalue weighted by molar-refractivity contribution is -0.131. The molecule has 2 rings (SSSR count). The van der Waals surface area contributed by atoms with E-state index in [1.807, 2.05) is 57.2 Å². The average molecular weight is 257 g/mol. The minimum atomic E-state index is -1.15. The summed E-state index contributed by atoms with van der Waals surface area (Å²) in [6.45, 7) is 5.67. The number of nitrogens with one attached hydrogen (secondary N) is 1. The molecule has 100 valence electrons. The van der Waals surface area contributed by atoms with Crippen LogP contribution in [0.5, 0.6) is 0 Å². The van der Waals surface area contributed by atoms with Crippen molar-refractivity contribution >= 4 is 16.7 Å². The van der Waals surface area contributed by atoms with Crippen molar-refractivity contribution in [3.63, 3.8) is 0 Å². The highest BCUT2D eigenvalue weighted by Gasteiger charge is 2.23. The number of aliphatic hydroxyl groups excluding tert-OH is 1. The van der Waals surface area contributed by atoms with Gasteiger partial charge in [0.25, 0.3) is 5.91 Å². The van der Waals surface area contributed by atoms with Gasteiger partial charge in [-0.3, -0.25) is 4.79 Å². The lowest BCUT2D eigenvalue weighted by Gasteiger charge is -2.23. The maximum Gasteiger partial charge on any atom is 0.253 e. The number of carbonyl (C=O) groups excluding carboxylic acids is 1. The van der Waals surface area contributed by atoms with E-state index < -0.39 is 6.10 Å². The quantitative estimate of drug-likeness (QED) is 0.869. The summed E-state index contributed by atoms with van der Waals surface area (Å²) in [5, 5.41) is 15.0. The summed E-state index contributed by atoms with van der Waals surface area (Å²) in [6, 6.07) is 13.3. The van der Waals surface area contributed by atoms with E-state index in [1.54, 1.807) is 6.07 Å². The van der Waals surface area contributed by atoms with E-state index in [1.165, 1.54) is 0 Å². The maximum atomic E-state index is 12.0. The Balaban J connectivity index is 2.36. The third kappa shape index (κ3) is 3.12. The Hall–Kier alpha value is -1.87. The SMILES string of the molecule is CC(C)(C)NC(=O)[C@@H](O)c1cccc2ccccc12. The summed E-state index contributed by atoms with van der Waals surface area (Å²) < 4.78 is 0. The smallest absolute Gasteiger partial charge is 0.253 e. The molecular weight excluding hydrogens is 238 g/mol. The van der Waals surface area contributed by atoms with Crippen molar-refractivity contribution < 1.29 is 9.90 Å². The molecule has 0 saturated heterocycles. The van der Waals surface area contributed by atoms with Crippen LogP contribution in [0.1, 0.15) is 32.4 Å². The van der Waals surface area contributed by atoms with Gasteiger partial charge >= 0.3 is 0 Å². The van der Waals surface area contributed by atoms with Gasteiger partial charge in [0.1, 0.15) is 0 Å². The Morgan fingerprint density at radius 1 is 1.11 bits per heavy atom. The molecule has 0 bridgehead atoms. The number of fused-ring (bicyclic) bond motifs is 1. The van der Waals surface area contributed by atoms with Crippen LogP contribution >= 0.6 is 0 Å². The molecule has 0 aromatic heterocycles. The average Bonchev–Trinajstić information content (AvgIpc) is 2.35. The van der Waals surface area contributed by atoms with Gasteiger partial charge in [-0.2, -0.15) is 0 Å². The molecule has 0 saturated carbocycles. The molecule has 3 heteroatoms. The molecule has 0 aliphatic rings. The minimum absolute atomic E-state index is 0.358. The van der Waals surface area contributed by atoms with Gasteiger partial charge in [0, 0.05) is 5.54 Å². The van der Waals surface area contributed by atoms with Crippen LogP contribution in [0.3, 0.4) is 0 Å². The Bertz CT molecular complexity index is 594. The maximum absolute atomic E-state index is 12.0. The van der Waals surface area contributed by atoms with Gasteiger partial charge in [0.05, 0.1) is 0 Å². The number of hydrogen-bond acceptors (Lipinski definition) is 2. The fourth-order valence-corrected chi connectivity index (χ4v) is 2.07. The summed E-state index contributed by atoms with van der Waals surface area (Å²) in [5.74, 6) is -0.371. The molecule has 0 spiro atoms. The van der Waals surface area contributed by atoms with Crippen LogP contribution in [-0.4, -0.2) is 16.6 Å². The molecule has 2 N–H and O–H groups in total. The second kappa shape index (κ2) is 5.02. The van der Waals surface area contributed by atoms with Gasteiger partial charge in [-0.05, 0) is 37.1 Å². The Kier molecular flexibility index (Phi) is 3.58. The topological polar surface area (TPSA) is 49.3 Å². The Morgan fingerprint density at radius 3 is 2.42 bits per heavy atom. The van der Waals surface area contributed by atoms with Crippen LogP contribution < -0.4 is 5.32 Å². The Labute approximate surface area is 113 Å². The van der Waals surface area contributed by atoms with Gasteiger partial charge < -0.3 is 10.4 Å². The van der Waals surface area contributed by atoms with Crippen molar-refractivity contribution in [2.75, 3.05) is 0 Å². The van der Waals surface area contributed by atoms with E-state index in [2.05, 4.69) is 5.32 Å². The second-order valence-corrected chi connectivity index (χ2v) is 5.71. The molecule has 1 amide bonds. The third-order valence-electron chi connectivity index (χ3n) is 2.86. The van der Waals surface area contributed by atoms with E-state index in [9.17, 15) is 9.90 Å². The second-order valence-electron chi connectivity index (χ2n) is 5.71. The van der Waals surface area contributed by atoms with Crippen molar-refractivity contribution in [2.24, 2.45) is 0 Å². The summed E-state index contributed by atoms with van der Waals surface area (Å²) in [5.41, 5.74) is 0.280. The van der Waals surface area contributed by atoms with Crippen LogP contribution in [0.4, 0.5) is 0 Å². The van der Waals surface area contributed by atoms with Crippen LogP contribution in [0, 0.1) is 0 Å². The van der Waals surface area contributed by atoms with Crippen LogP contribution in [0.2, 0.25) is 0 Å².